The molecule has 0 aromatic heterocycles. The van der Waals surface area contributed by atoms with Crippen LogP contribution in [-0.4, -0.2) is 18.2 Å². The molecule has 4 nitrogen and oxygen atoms in total. The lowest BCUT2D eigenvalue weighted by molar-refractivity contribution is -0.123. The molecule has 1 amide bonds. The summed E-state index contributed by atoms with van der Waals surface area (Å²) in [6, 6.07) is 15.6. The van der Waals surface area contributed by atoms with Gasteiger partial charge in [-0.05, 0) is 24.1 Å². The third-order valence-corrected chi connectivity index (χ3v) is 3.10. The first-order chi connectivity index (χ1) is 11.2. The third kappa shape index (κ3) is 5.21. The lowest BCUT2D eigenvalue weighted by Gasteiger charge is -2.08. The second-order valence-electron chi connectivity index (χ2n) is 4.93. The van der Waals surface area contributed by atoms with Gasteiger partial charge in [-0.15, -0.1) is 0 Å². The molecule has 5 heteroatoms. The van der Waals surface area contributed by atoms with E-state index in [1.165, 1.54) is 12.1 Å². The van der Waals surface area contributed by atoms with Crippen LogP contribution < -0.4 is 10.2 Å². The molecule has 2 aromatic rings. The second kappa shape index (κ2) is 8.68. The number of hydrazone groups is 1. The average Bonchev–Trinajstić information content (AvgIpc) is 2.58. The van der Waals surface area contributed by atoms with Crippen LogP contribution in [0.25, 0.3) is 0 Å². The van der Waals surface area contributed by atoms with Crippen molar-refractivity contribution in [3.05, 3.63) is 66.0 Å². The summed E-state index contributed by atoms with van der Waals surface area (Å²) in [6.07, 6.45) is 1.66. The number of carbonyl (C=O) groups is 1. The molecular weight excluding hydrogens is 295 g/mol. The van der Waals surface area contributed by atoms with Crippen LogP contribution in [0.5, 0.6) is 5.75 Å². The Balaban J connectivity index is 1.94. The van der Waals surface area contributed by atoms with Crippen LogP contribution in [0.1, 0.15) is 25.3 Å². The van der Waals surface area contributed by atoms with E-state index in [4.69, 9.17) is 4.74 Å². The van der Waals surface area contributed by atoms with Gasteiger partial charge in [-0.2, -0.15) is 5.10 Å². The lowest BCUT2D eigenvalue weighted by Crippen LogP contribution is -2.26. The zero-order valence-electron chi connectivity index (χ0n) is 13.0. The smallest absolute Gasteiger partial charge is 0.277 e. The zero-order chi connectivity index (χ0) is 16.5. The molecule has 1 N–H and O–H groups in total. The van der Waals surface area contributed by atoms with Crippen LogP contribution in [0.2, 0.25) is 0 Å². The SMILES string of the molecule is CCC/C(=N/NC(=O)COc1ccccc1F)c1ccccc1. The fourth-order valence-electron chi connectivity index (χ4n) is 2.00. The molecule has 0 saturated heterocycles. The van der Waals surface area contributed by atoms with Crippen LogP contribution >= 0.6 is 0 Å². The van der Waals surface area contributed by atoms with Gasteiger partial charge in [0.2, 0.25) is 0 Å². The number of nitrogens with one attached hydrogen (secondary N) is 1. The molecule has 0 aliphatic heterocycles. The standard InChI is InChI=1S/C18H19FN2O2/c1-2-8-16(14-9-4-3-5-10-14)20-21-18(22)13-23-17-12-7-6-11-15(17)19/h3-7,9-12H,2,8,13H2,1H3,(H,21,22)/b20-16-. The summed E-state index contributed by atoms with van der Waals surface area (Å²) in [4.78, 5) is 11.8. The second-order valence-corrected chi connectivity index (χ2v) is 4.93. The maximum Gasteiger partial charge on any atom is 0.277 e. The molecule has 0 fully saturated rings. The summed E-state index contributed by atoms with van der Waals surface area (Å²) >= 11 is 0. The van der Waals surface area contributed by atoms with Crippen LogP contribution in [-0.2, 0) is 4.79 Å². The highest BCUT2D eigenvalue weighted by molar-refractivity contribution is 6.01. The van der Waals surface area contributed by atoms with Crippen LogP contribution in [0.4, 0.5) is 4.39 Å². The molecule has 0 spiro atoms. The molecular formula is C18H19FN2O2. The third-order valence-electron chi connectivity index (χ3n) is 3.10. The predicted octanol–water partition coefficient (Wildman–Crippen LogP) is 3.53. The number of nitrogens with zero attached hydrogens (tertiary/aromatic N) is 1. The van der Waals surface area contributed by atoms with Gasteiger partial charge in [0, 0.05) is 0 Å². The van der Waals surface area contributed by atoms with Gasteiger partial charge in [-0.25, -0.2) is 9.82 Å². The first kappa shape index (κ1) is 16.7. The van der Waals surface area contributed by atoms with Crippen molar-refractivity contribution in [3.63, 3.8) is 0 Å². The minimum absolute atomic E-state index is 0.0449. The first-order valence-corrected chi connectivity index (χ1v) is 7.49. The molecule has 0 saturated carbocycles. The minimum Gasteiger partial charge on any atom is -0.481 e. The molecule has 2 aromatic carbocycles. The van der Waals surface area contributed by atoms with Crippen molar-refractivity contribution >= 4 is 11.6 Å². The number of para-hydroxylation sites is 1. The number of halogens is 1. The largest absolute Gasteiger partial charge is 0.481 e. The van der Waals surface area contributed by atoms with Gasteiger partial charge in [0.05, 0.1) is 5.71 Å². The number of rotatable bonds is 7. The first-order valence-electron chi connectivity index (χ1n) is 7.49. The Morgan fingerprint density at radius 2 is 1.83 bits per heavy atom. The van der Waals surface area contributed by atoms with E-state index in [2.05, 4.69) is 10.5 Å². The molecule has 0 bridgehead atoms. The zero-order valence-corrected chi connectivity index (χ0v) is 13.0. The summed E-state index contributed by atoms with van der Waals surface area (Å²) in [6.45, 7) is 1.75. The summed E-state index contributed by atoms with van der Waals surface area (Å²) in [7, 11) is 0. The van der Waals surface area contributed by atoms with Gasteiger partial charge in [-0.1, -0.05) is 55.8 Å². The fraction of sp³-hybridized carbons (Fsp3) is 0.222. The van der Waals surface area contributed by atoms with Crippen molar-refractivity contribution < 1.29 is 13.9 Å². The molecule has 0 heterocycles. The van der Waals surface area contributed by atoms with Crippen molar-refractivity contribution in [2.75, 3.05) is 6.61 Å². The van der Waals surface area contributed by atoms with Crippen molar-refractivity contribution in [2.45, 2.75) is 19.8 Å². The maximum atomic E-state index is 13.4. The van der Waals surface area contributed by atoms with Crippen LogP contribution in [0, 0.1) is 5.82 Å². The van der Waals surface area contributed by atoms with E-state index in [0.717, 1.165) is 24.1 Å². The lowest BCUT2D eigenvalue weighted by atomic mass is 10.1. The van der Waals surface area contributed by atoms with E-state index in [0.29, 0.717) is 0 Å². The number of ether oxygens (including phenoxy) is 1. The summed E-state index contributed by atoms with van der Waals surface area (Å²) in [5.74, 6) is -0.888. The number of carbonyl (C=O) groups excluding carboxylic acids is 1. The molecule has 0 radical (unpaired) electrons. The Hall–Kier alpha value is -2.69. The Morgan fingerprint density at radius 1 is 1.13 bits per heavy atom. The average molecular weight is 314 g/mol. The Morgan fingerprint density at radius 3 is 2.52 bits per heavy atom. The quantitative estimate of drug-likeness (QED) is 0.628. The fourth-order valence-corrected chi connectivity index (χ4v) is 2.00. The molecule has 2 rings (SSSR count). The van der Waals surface area contributed by atoms with E-state index in [1.54, 1.807) is 12.1 Å². The molecule has 0 aliphatic rings. The highest BCUT2D eigenvalue weighted by atomic mass is 19.1. The minimum atomic E-state index is -0.500. The molecule has 0 aliphatic carbocycles. The van der Waals surface area contributed by atoms with E-state index < -0.39 is 11.7 Å². The van der Waals surface area contributed by atoms with E-state index in [9.17, 15) is 9.18 Å². The topological polar surface area (TPSA) is 50.7 Å². The number of hydrogen-bond donors (Lipinski definition) is 1. The summed E-state index contributed by atoms with van der Waals surface area (Å²) in [5, 5.41) is 4.16. The van der Waals surface area contributed by atoms with Crippen LogP contribution in [0.3, 0.4) is 0 Å². The Labute approximate surface area is 135 Å². The Bertz CT molecular complexity index is 672. The predicted molar refractivity (Wildman–Crippen MR) is 87.9 cm³/mol. The highest BCUT2D eigenvalue weighted by Crippen LogP contribution is 2.14. The maximum absolute atomic E-state index is 13.4. The summed E-state index contributed by atoms with van der Waals surface area (Å²) in [5.41, 5.74) is 4.22. The van der Waals surface area contributed by atoms with Gasteiger partial charge in [0.25, 0.3) is 5.91 Å². The van der Waals surface area contributed by atoms with E-state index in [1.807, 2.05) is 37.3 Å². The molecule has 120 valence electrons. The van der Waals surface area contributed by atoms with E-state index in [-0.39, 0.29) is 12.4 Å². The van der Waals surface area contributed by atoms with Crippen molar-refractivity contribution in [2.24, 2.45) is 5.10 Å². The number of benzene rings is 2. The molecule has 23 heavy (non-hydrogen) atoms. The van der Waals surface area contributed by atoms with Gasteiger partial charge < -0.3 is 4.74 Å². The molecule has 0 atom stereocenters. The monoisotopic (exact) mass is 314 g/mol. The van der Waals surface area contributed by atoms with Gasteiger partial charge in [0.1, 0.15) is 0 Å². The van der Waals surface area contributed by atoms with Crippen LogP contribution in [0.15, 0.2) is 59.7 Å². The van der Waals surface area contributed by atoms with Crippen molar-refractivity contribution in [1.82, 2.24) is 5.43 Å². The van der Waals surface area contributed by atoms with E-state index >= 15 is 0 Å². The normalized spacial score (nSPS) is 11.1. The van der Waals surface area contributed by atoms with Gasteiger partial charge in [-0.3, -0.25) is 4.79 Å². The van der Waals surface area contributed by atoms with Crippen molar-refractivity contribution in [1.29, 1.82) is 0 Å². The summed E-state index contributed by atoms with van der Waals surface area (Å²) < 4.78 is 18.5. The number of hydrogen-bond acceptors (Lipinski definition) is 3. The van der Waals surface area contributed by atoms with Gasteiger partial charge in [0.15, 0.2) is 18.2 Å². The van der Waals surface area contributed by atoms with Crippen molar-refractivity contribution in [3.8, 4) is 5.75 Å². The van der Waals surface area contributed by atoms with Gasteiger partial charge >= 0.3 is 0 Å². The molecule has 0 unspecified atom stereocenters. The number of amides is 1. The Kier molecular flexibility index (Phi) is 6.29. The highest BCUT2D eigenvalue weighted by Gasteiger charge is 2.07.